The number of esters is 1. The van der Waals surface area contributed by atoms with Gasteiger partial charge in [0.1, 0.15) is 5.88 Å². The van der Waals surface area contributed by atoms with Crippen molar-refractivity contribution in [1.82, 2.24) is 0 Å². The standard InChI is InChI=1S/C14H15ClF3NO4/c1-3-23-12(21)13(22,14(16,17)18)9-4-6-10(7-5-9)19(2)11(20)8-15/h4-7,22H,3,8H2,1-2H3. The first-order chi connectivity index (χ1) is 10.6. The Kier molecular flexibility index (Phi) is 6.01. The molecule has 1 aromatic rings. The zero-order valence-electron chi connectivity index (χ0n) is 12.4. The fourth-order valence-corrected chi connectivity index (χ4v) is 1.97. The number of rotatable bonds is 5. The maximum Gasteiger partial charge on any atom is 0.432 e. The molecule has 1 aromatic carbocycles. The number of halogens is 4. The van der Waals surface area contributed by atoms with Gasteiger partial charge in [-0.3, -0.25) is 4.79 Å². The van der Waals surface area contributed by atoms with E-state index in [9.17, 15) is 27.9 Å². The van der Waals surface area contributed by atoms with Gasteiger partial charge in [-0.15, -0.1) is 11.6 Å². The second-order valence-corrected chi connectivity index (χ2v) is 4.83. The van der Waals surface area contributed by atoms with Crippen LogP contribution in [0.2, 0.25) is 0 Å². The predicted molar refractivity (Wildman–Crippen MR) is 77.2 cm³/mol. The lowest BCUT2D eigenvalue weighted by Crippen LogP contribution is -2.50. The summed E-state index contributed by atoms with van der Waals surface area (Å²) in [5.74, 6) is -2.57. The molecule has 1 atom stereocenters. The van der Waals surface area contributed by atoms with Crippen molar-refractivity contribution >= 4 is 29.2 Å². The van der Waals surface area contributed by atoms with Gasteiger partial charge in [-0.25, -0.2) is 4.79 Å². The molecule has 1 unspecified atom stereocenters. The van der Waals surface area contributed by atoms with Crippen molar-refractivity contribution in [2.24, 2.45) is 0 Å². The molecule has 0 spiro atoms. The summed E-state index contributed by atoms with van der Waals surface area (Å²) in [5.41, 5.74) is -4.23. The molecule has 0 aliphatic heterocycles. The lowest BCUT2D eigenvalue weighted by atomic mass is 9.93. The first-order valence-corrected chi connectivity index (χ1v) is 7.02. The van der Waals surface area contributed by atoms with Crippen molar-refractivity contribution in [1.29, 1.82) is 0 Å². The second kappa shape index (κ2) is 7.18. The number of amides is 1. The summed E-state index contributed by atoms with van der Waals surface area (Å²) in [6.07, 6.45) is -5.27. The van der Waals surface area contributed by atoms with E-state index in [1.54, 1.807) is 0 Å². The number of anilines is 1. The number of aliphatic hydroxyl groups is 1. The maximum atomic E-state index is 13.2. The van der Waals surface area contributed by atoms with Gasteiger partial charge in [-0.2, -0.15) is 13.2 Å². The zero-order valence-corrected chi connectivity index (χ0v) is 13.1. The van der Waals surface area contributed by atoms with Crippen molar-refractivity contribution in [2.45, 2.75) is 18.7 Å². The van der Waals surface area contributed by atoms with Crippen molar-refractivity contribution in [3.63, 3.8) is 0 Å². The summed E-state index contributed by atoms with van der Waals surface area (Å²) in [5, 5.41) is 9.90. The van der Waals surface area contributed by atoms with Gasteiger partial charge in [0, 0.05) is 18.3 Å². The van der Waals surface area contributed by atoms with E-state index < -0.39 is 29.2 Å². The molecule has 1 N–H and O–H groups in total. The third kappa shape index (κ3) is 3.76. The number of benzene rings is 1. The number of carbonyl (C=O) groups excluding carboxylic acids is 2. The maximum absolute atomic E-state index is 13.2. The summed E-state index contributed by atoms with van der Waals surface area (Å²) in [6.45, 7) is 1.01. The molecular formula is C14H15ClF3NO4. The Morgan fingerprint density at radius 2 is 1.78 bits per heavy atom. The fourth-order valence-electron chi connectivity index (χ4n) is 1.79. The topological polar surface area (TPSA) is 66.8 Å². The molecule has 0 fully saturated rings. The SMILES string of the molecule is CCOC(=O)C(O)(c1ccc(N(C)C(=O)CCl)cc1)C(F)(F)F. The molecule has 1 rings (SSSR count). The van der Waals surface area contributed by atoms with Gasteiger partial charge in [0.25, 0.3) is 5.60 Å². The summed E-state index contributed by atoms with van der Waals surface area (Å²) < 4.78 is 43.8. The lowest BCUT2D eigenvalue weighted by molar-refractivity contribution is -0.267. The largest absolute Gasteiger partial charge is 0.463 e. The number of carbonyl (C=O) groups is 2. The Morgan fingerprint density at radius 1 is 1.26 bits per heavy atom. The van der Waals surface area contributed by atoms with Crippen molar-refractivity contribution in [3.05, 3.63) is 29.8 Å². The molecule has 9 heteroatoms. The van der Waals surface area contributed by atoms with E-state index in [1.165, 1.54) is 14.0 Å². The minimum atomic E-state index is -5.27. The van der Waals surface area contributed by atoms with E-state index >= 15 is 0 Å². The molecular weight excluding hydrogens is 339 g/mol. The zero-order chi connectivity index (χ0) is 17.8. The minimum absolute atomic E-state index is 0.257. The molecule has 1 amide bonds. The lowest BCUT2D eigenvalue weighted by Gasteiger charge is -2.28. The van der Waals surface area contributed by atoms with E-state index in [1.807, 2.05) is 0 Å². The number of nitrogens with zero attached hydrogens (tertiary/aromatic N) is 1. The van der Waals surface area contributed by atoms with Crippen LogP contribution in [0.3, 0.4) is 0 Å². The summed E-state index contributed by atoms with van der Waals surface area (Å²) in [6, 6.07) is 4.13. The van der Waals surface area contributed by atoms with Crippen LogP contribution in [0, 0.1) is 0 Å². The molecule has 0 radical (unpaired) electrons. The Bertz CT molecular complexity index is 576. The van der Waals surface area contributed by atoms with Crippen LogP contribution in [0.15, 0.2) is 24.3 Å². The van der Waals surface area contributed by atoms with E-state index in [-0.39, 0.29) is 18.2 Å². The highest BCUT2D eigenvalue weighted by Gasteiger charge is 2.62. The van der Waals surface area contributed by atoms with Gasteiger partial charge in [0.05, 0.1) is 6.61 Å². The van der Waals surface area contributed by atoms with E-state index in [0.29, 0.717) is 0 Å². The number of hydrogen-bond acceptors (Lipinski definition) is 4. The average molecular weight is 354 g/mol. The van der Waals surface area contributed by atoms with Crippen LogP contribution in [-0.4, -0.2) is 42.7 Å². The van der Waals surface area contributed by atoms with Gasteiger partial charge in [0.15, 0.2) is 0 Å². The molecule has 0 aliphatic rings. The Morgan fingerprint density at radius 3 is 2.17 bits per heavy atom. The van der Waals surface area contributed by atoms with Crippen LogP contribution < -0.4 is 4.90 Å². The molecule has 0 saturated carbocycles. The van der Waals surface area contributed by atoms with Gasteiger partial charge < -0.3 is 14.7 Å². The van der Waals surface area contributed by atoms with Gasteiger partial charge in [-0.1, -0.05) is 12.1 Å². The van der Waals surface area contributed by atoms with E-state index in [2.05, 4.69) is 4.74 Å². The quantitative estimate of drug-likeness (QED) is 0.651. The third-order valence-electron chi connectivity index (χ3n) is 3.14. The van der Waals surface area contributed by atoms with Gasteiger partial charge in [-0.05, 0) is 19.1 Å². The number of ether oxygens (including phenoxy) is 1. The predicted octanol–water partition coefficient (Wildman–Crippen LogP) is 2.20. The van der Waals surface area contributed by atoms with Crippen LogP contribution in [0.5, 0.6) is 0 Å². The van der Waals surface area contributed by atoms with Crippen LogP contribution in [0.4, 0.5) is 18.9 Å². The Labute approximate surface area is 135 Å². The average Bonchev–Trinajstić information content (AvgIpc) is 2.51. The Balaban J connectivity index is 3.25. The summed E-state index contributed by atoms with van der Waals surface area (Å²) in [7, 11) is 1.39. The summed E-state index contributed by atoms with van der Waals surface area (Å²) in [4.78, 5) is 24.2. The number of hydrogen-bond donors (Lipinski definition) is 1. The van der Waals surface area contributed by atoms with Gasteiger partial charge >= 0.3 is 12.1 Å². The fraction of sp³-hybridized carbons (Fsp3) is 0.429. The van der Waals surface area contributed by atoms with Gasteiger partial charge in [0.2, 0.25) is 5.91 Å². The van der Waals surface area contributed by atoms with E-state index in [0.717, 1.165) is 29.2 Å². The highest BCUT2D eigenvalue weighted by atomic mass is 35.5. The van der Waals surface area contributed by atoms with E-state index in [4.69, 9.17) is 11.6 Å². The highest BCUT2D eigenvalue weighted by Crippen LogP contribution is 2.40. The minimum Gasteiger partial charge on any atom is -0.463 e. The first kappa shape index (κ1) is 19.2. The second-order valence-electron chi connectivity index (χ2n) is 4.56. The molecule has 0 heterocycles. The molecule has 0 aromatic heterocycles. The smallest absolute Gasteiger partial charge is 0.432 e. The monoisotopic (exact) mass is 353 g/mol. The molecule has 128 valence electrons. The summed E-state index contributed by atoms with van der Waals surface area (Å²) >= 11 is 5.40. The molecule has 0 saturated heterocycles. The highest BCUT2D eigenvalue weighted by molar-refractivity contribution is 6.29. The third-order valence-corrected chi connectivity index (χ3v) is 3.37. The normalized spacial score (nSPS) is 14.0. The molecule has 5 nitrogen and oxygen atoms in total. The van der Waals surface area contributed by atoms with Crippen LogP contribution in [-0.2, 0) is 19.9 Å². The molecule has 0 bridgehead atoms. The Hall–Kier alpha value is -1.80. The number of alkyl halides is 4. The van der Waals surface area contributed by atoms with Crippen LogP contribution in [0.25, 0.3) is 0 Å². The molecule has 0 aliphatic carbocycles. The van der Waals surface area contributed by atoms with Crippen molar-refractivity contribution in [3.8, 4) is 0 Å². The van der Waals surface area contributed by atoms with Crippen LogP contribution in [0.1, 0.15) is 12.5 Å². The first-order valence-electron chi connectivity index (χ1n) is 6.49. The van der Waals surface area contributed by atoms with Crippen molar-refractivity contribution in [2.75, 3.05) is 24.4 Å². The van der Waals surface area contributed by atoms with Crippen LogP contribution >= 0.6 is 11.6 Å². The van der Waals surface area contributed by atoms with Crippen molar-refractivity contribution < 1.29 is 32.6 Å². The molecule has 23 heavy (non-hydrogen) atoms.